The fraction of sp³-hybridized carbons (Fsp3) is 0.0455. The highest BCUT2D eigenvalue weighted by Gasteiger charge is 2.17. The molecule has 0 bridgehead atoms. The Balaban J connectivity index is 1.23. The molecule has 0 aliphatic heterocycles. The zero-order chi connectivity index (χ0) is 35.6. The van der Waals surface area contributed by atoms with Crippen molar-refractivity contribution < 1.29 is 19.1 Å². The van der Waals surface area contributed by atoms with Crippen molar-refractivity contribution in [3.63, 3.8) is 0 Å². The Morgan fingerprint density at radius 3 is 1.02 bits per heavy atom. The molecule has 250 valence electrons. The number of ether oxygens (including phenoxy) is 2. The van der Waals surface area contributed by atoms with Crippen LogP contribution in [0.5, 0.6) is 0 Å². The molecule has 8 heteroatoms. The summed E-state index contributed by atoms with van der Waals surface area (Å²) < 4.78 is 9.77. The molecule has 0 atom stereocenters. The quantitative estimate of drug-likeness (QED) is 0.154. The standard InChI is InChI=1S/C44H30N4O4/c1-51-43(49)31-17-13-29(14-18-31)41-40(28-11-7-4-8-12-28)47-37-25-33(22-24-36(37)46-41)34-21-23-35-38(26-34)48-42(39(45-35)27-9-5-3-6-10-27)30-15-19-32(20-16-30)44(50)52-2/h3-26H,1-2H3. The molecule has 2 aromatic heterocycles. The van der Waals surface area contributed by atoms with E-state index in [0.717, 1.165) is 66.8 Å². The maximum Gasteiger partial charge on any atom is 0.337 e. The van der Waals surface area contributed by atoms with Gasteiger partial charge in [0.25, 0.3) is 0 Å². The van der Waals surface area contributed by atoms with E-state index in [9.17, 15) is 9.59 Å². The average Bonchev–Trinajstić information content (AvgIpc) is 3.22. The lowest BCUT2D eigenvalue weighted by atomic mass is 10.00. The number of methoxy groups -OCH3 is 2. The third kappa shape index (κ3) is 6.14. The molecule has 6 aromatic carbocycles. The van der Waals surface area contributed by atoms with Crippen molar-refractivity contribution in [1.29, 1.82) is 0 Å². The fourth-order valence-electron chi connectivity index (χ4n) is 6.23. The molecule has 8 aromatic rings. The minimum absolute atomic E-state index is 0.395. The van der Waals surface area contributed by atoms with Crippen molar-refractivity contribution in [2.45, 2.75) is 0 Å². The van der Waals surface area contributed by atoms with Gasteiger partial charge in [0.05, 0.1) is 70.2 Å². The van der Waals surface area contributed by atoms with E-state index in [1.165, 1.54) is 14.2 Å². The van der Waals surface area contributed by atoms with Crippen LogP contribution in [-0.2, 0) is 9.47 Å². The van der Waals surface area contributed by atoms with Crippen LogP contribution in [0.25, 0.3) is 78.2 Å². The van der Waals surface area contributed by atoms with Crippen LogP contribution in [0.1, 0.15) is 20.7 Å². The molecule has 0 saturated carbocycles. The van der Waals surface area contributed by atoms with Crippen molar-refractivity contribution in [2.24, 2.45) is 0 Å². The highest BCUT2D eigenvalue weighted by Crippen LogP contribution is 2.35. The van der Waals surface area contributed by atoms with Gasteiger partial charge in [-0.1, -0.05) is 97.1 Å². The smallest absolute Gasteiger partial charge is 0.337 e. The van der Waals surface area contributed by atoms with Gasteiger partial charge in [-0.15, -0.1) is 0 Å². The van der Waals surface area contributed by atoms with Crippen LogP contribution in [0, 0.1) is 0 Å². The first-order valence-electron chi connectivity index (χ1n) is 16.6. The topological polar surface area (TPSA) is 104 Å². The number of nitrogens with zero attached hydrogens (tertiary/aromatic N) is 4. The number of hydrogen-bond donors (Lipinski definition) is 0. The lowest BCUT2D eigenvalue weighted by molar-refractivity contribution is 0.0592. The summed E-state index contributed by atoms with van der Waals surface area (Å²) in [5, 5.41) is 0. The molecular weight excluding hydrogens is 649 g/mol. The first kappa shape index (κ1) is 32.2. The zero-order valence-corrected chi connectivity index (χ0v) is 28.3. The number of esters is 2. The number of rotatable bonds is 7. The second-order valence-electron chi connectivity index (χ2n) is 12.1. The predicted octanol–water partition coefficient (Wildman–Crippen LogP) is 9.48. The van der Waals surface area contributed by atoms with Crippen molar-refractivity contribution in [3.8, 4) is 56.2 Å². The third-order valence-corrected chi connectivity index (χ3v) is 8.92. The summed E-state index contributed by atoms with van der Waals surface area (Å²) in [5.41, 5.74) is 12.2. The maximum atomic E-state index is 12.1. The van der Waals surface area contributed by atoms with Gasteiger partial charge in [-0.25, -0.2) is 29.5 Å². The Labute approximate surface area is 299 Å². The van der Waals surface area contributed by atoms with Gasteiger partial charge >= 0.3 is 11.9 Å². The first-order chi connectivity index (χ1) is 25.5. The molecule has 8 rings (SSSR count). The average molecular weight is 679 g/mol. The molecule has 0 saturated heterocycles. The van der Waals surface area contributed by atoms with E-state index >= 15 is 0 Å². The second kappa shape index (κ2) is 13.7. The van der Waals surface area contributed by atoms with Crippen LogP contribution in [0.4, 0.5) is 0 Å². The molecule has 0 N–H and O–H groups in total. The molecule has 8 nitrogen and oxygen atoms in total. The summed E-state index contributed by atoms with van der Waals surface area (Å²) in [6, 6.07) is 46.4. The fourth-order valence-corrected chi connectivity index (χ4v) is 6.23. The van der Waals surface area contributed by atoms with E-state index < -0.39 is 11.9 Å². The van der Waals surface area contributed by atoms with Gasteiger partial charge in [0.2, 0.25) is 0 Å². The van der Waals surface area contributed by atoms with Crippen LogP contribution >= 0.6 is 0 Å². The minimum Gasteiger partial charge on any atom is -0.465 e. The Bertz CT molecular complexity index is 2610. The number of benzene rings is 6. The molecule has 0 fully saturated rings. The molecule has 0 spiro atoms. The van der Waals surface area contributed by atoms with Crippen LogP contribution in [0.15, 0.2) is 146 Å². The zero-order valence-electron chi connectivity index (χ0n) is 28.3. The molecule has 0 aliphatic rings. The Morgan fingerprint density at radius 2 is 0.673 bits per heavy atom. The van der Waals surface area contributed by atoms with Gasteiger partial charge in [0.15, 0.2) is 0 Å². The van der Waals surface area contributed by atoms with Gasteiger partial charge in [-0.3, -0.25) is 0 Å². The normalized spacial score (nSPS) is 11.0. The summed E-state index contributed by atoms with van der Waals surface area (Å²) >= 11 is 0. The Kier molecular flexibility index (Phi) is 8.46. The van der Waals surface area contributed by atoms with Crippen molar-refractivity contribution in [3.05, 3.63) is 157 Å². The lowest BCUT2D eigenvalue weighted by Crippen LogP contribution is -2.01. The molecule has 52 heavy (non-hydrogen) atoms. The van der Waals surface area contributed by atoms with E-state index in [4.69, 9.17) is 29.4 Å². The Hall–Kier alpha value is -7.06. The van der Waals surface area contributed by atoms with Gasteiger partial charge in [-0.05, 0) is 59.7 Å². The van der Waals surface area contributed by atoms with Crippen LogP contribution in [0.3, 0.4) is 0 Å². The van der Waals surface area contributed by atoms with Gasteiger partial charge < -0.3 is 9.47 Å². The third-order valence-electron chi connectivity index (χ3n) is 8.92. The van der Waals surface area contributed by atoms with E-state index in [-0.39, 0.29) is 0 Å². The summed E-state index contributed by atoms with van der Waals surface area (Å²) in [6.07, 6.45) is 0. The summed E-state index contributed by atoms with van der Waals surface area (Å²) in [6.45, 7) is 0. The second-order valence-corrected chi connectivity index (χ2v) is 12.1. The summed E-state index contributed by atoms with van der Waals surface area (Å²) in [5.74, 6) is -0.792. The summed E-state index contributed by atoms with van der Waals surface area (Å²) in [4.78, 5) is 44.7. The van der Waals surface area contributed by atoms with E-state index in [1.54, 1.807) is 24.3 Å². The predicted molar refractivity (Wildman–Crippen MR) is 202 cm³/mol. The monoisotopic (exact) mass is 678 g/mol. The highest BCUT2D eigenvalue weighted by atomic mass is 16.5. The van der Waals surface area contributed by atoms with Gasteiger partial charge in [-0.2, -0.15) is 0 Å². The Morgan fingerprint density at radius 1 is 0.365 bits per heavy atom. The largest absolute Gasteiger partial charge is 0.465 e. The summed E-state index contributed by atoms with van der Waals surface area (Å²) in [7, 11) is 2.73. The van der Waals surface area contributed by atoms with Crippen molar-refractivity contribution in [2.75, 3.05) is 14.2 Å². The number of carbonyl (C=O) groups is 2. The van der Waals surface area contributed by atoms with Crippen LogP contribution in [0.2, 0.25) is 0 Å². The van der Waals surface area contributed by atoms with Crippen molar-refractivity contribution in [1.82, 2.24) is 19.9 Å². The number of aromatic nitrogens is 4. The number of fused-ring (bicyclic) bond motifs is 2. The lowest BCUT2D eigenvalue weighted by Gasteiger charge is -2.13. The molecule has 0 aliphatic carbocycles. The van der Waals surface area contributed by atoms with E-state index in [1.807, 2.05) is 121 Å². The van der Waals surface area contributed by atoms with Crippen LogP contribution in [-0.4, -0.2) is 46.1 Å². The van der Waals surface area contributed by atoms with E-state index in [0.29, 0.717) is 22.5 Å². The van der Waals surface area contributed by atoms with Gasteiger partial charge in [0.1, 0.15) is 0 Å². The number of hydrogen-bond acceptors (Lipinski definition) is 8. The molecule has 0 radical (unpaired) electrons. The van der Waals surface area contributed by atoms with Crippen LogP contribution < -0.4 is 0 Å². The first-order valence-corrected chi connectivity index (χ1v) is 16.6. The highest BCUT2D eigenvalue weighted by molar-refractivity contribution is 5.94. The molecule has 0 unspecified atom stereocenters. The minimum atomic E-state index is -0.398. The number of carbonyl (C=O) groups excluding carboxylic acids is 2. The molecular formula is C44H30N4O4. The SMILES string of the molecule is COC(=O)c1ccc(-c2nc3ccc(-c4ccc5nc(-c6ccccc6)c(-c6ccc(C(=O)OC)cc6)nc5c4)cc3nc2-c2ccccc2)cc1. The molecule has 2 heterocycles. The van der Waals surface area contributed by atoms with Gasteiger partial charge in [0, 0.05) is 22.3 Å². The molecule has 0 amide bonds. The van der Waals surface area contributed by atoms with E-state index in [2.05, 4.69) is 0 Å². The maximum absolute atomic E-state index is 12.1. The van der Waals surface area contributed by atoms with Crippen molar-refractivity contribution >= 4 is 34.0 Å².